The van der Waals surface area contributed by atoms with Crippen molar-refractivity contribution < 1.29 is 17.6 Å². The van der Waals surface area contributed by atoms with Crippen molar-refractivity contribution in [3.63, 3.8) is 0 Å². The van der Waals surface area contributed by atoms with E-state index in [1.165, 1.54) is 56.9 Å². The van der Waals surface area contributed by atoms with Crippen molar-refractivity contribution in [2.75, 3.05) is 15.7 Å². The number of para-hydroxylation sites is 1. The number of benzene rings is 3. The molecule has 0 aliphatic carbocycles. The number of anilines is 2. The largest absolute Gasteiger partial charge is 0.279 e. The molecule has 0 atom stereocenters. The number of aryl methyl sites for hydroxylation is 1. The van der Waals surface area contributed by atoms with Gasteiger partial charge in [-0.15, -0.1) is 0 Å². The highest BCUT2D eigenvalue weighted by atomic mass is 32.2. The van der Waals surface area contributed by atoms with Crippen LogP contribution in [0.1, 0.15) is 27.9 Å². The zero-order chi connectivity index (χ0) is 27.0. The summed E-state index contributed by atoms with van der Waals surface area (Å²) in [5.74, 6) is -0.735. The first kappa shape index (κ1) is 25.1. The molecule has 0 N–H and O–H groups in total. The van der Waals surface area contributed by atoms with E-state index in [1.807, 2.05) is 30.3 Å². The van der Waals surface area contributed by atoms with E-state index in [4.69, 9.17) is 0 Å². The van der Waals surface area contributed by atoms with E-state index in [1.54, 1.807) is 24.5 Å². The summed E-state index contributed by atoms with van der Waals surface area (Å²) in [6.07, 6.45) is 4.89. The fraction of sp³-hybridized carbons (Fsp3) is 0.138. The average molecular weight is 559 g/mol. The molecular weight excluding hydrogens is 535 g/mol. The van der Waals surface area contributed by atoms with Gasteiger partial charge in [0, 0.05) is 24.5 Å². The maximum absolute atomic E-state index is 13.8. The number of rotatable bonds is 6. The van der Waals surface area contributed by atoms with Gasteiger partial charge in [-0.05, 0) is 78.6 Å². The number of nitrogens with zero attached hydrogens (tertiary/aromatic N) is 4. The zero-order valence-corrected chi connectivity index (χ0v) is 22.3. The molecule has 7 nitrogen and oxygen atoms in total. The first-order valence-corrected chi connectivity index (χ1v) is 14.6. The summed E-state index contributed by atoms with van der Waals surface area (Å²) < 4.78 is 42.9. The topological polar surface area (TPSA) is 83.5 Å². The van der Waals surface area contributed by atoms with E-state index in [0.717, 1.165) is 24.0 Å². The lowest BCUT2D eigenvalue weighted by molar-refractivity contribution is 0.0985. The number of sulfonamides is 1. The van der Waals surface area contributed by atoms with Gasteiger partial charge in [0.1, 0.15) is 5.82 Å². The van der Waals surface area contributed by atoms with E-state index < -0.39 is 10.0 Å². The Morgan fingerprint density at radius 1 is 1.03 bits per heavy atom. The van der Waals surface area contributed by atoms with Crippen molar-refractivity contribution in [3.05, 3.63) is 114 Å². The molecule has 0 unspecified atom stereocenters. The standard InChI is InChI=1S/C29H23FN4O3S2/c30-23-11-14-25-27(17-23)38-29(32-25)33(19-20-5-3-15-31-18-20)28(35)22-9-12-24(13-10-22)39(36,37)34-16-4-7-21-6-1-2-8-26(21)34/h1-3,5-6,8-15,17-18H,4,7,16,19H2. The Morgan fingerprint density at radius 3 is 2.64 bits per heavy atom. The Balaban J connectivity index is 1.33. The normalized spacial score (nSPS) is 13.3. The maximum atomic E-state index is 13.8. The number of carbonyl (C=O) groups excluding carboxylic acids is 1. The Hall–Kier alpha value is -4.15. The van der Waals surface area contributed by atoms with Gasteiger partial charge in [0.05, 0.1) is 27.3 Å². The van der Waals surface area contributed by atoms with Gasteiger partial charge in [0.25, 0.3) is 15.9 Å². The van der Waals surface area contributed by atoms with E-state index in [0.29, 0.717) is 33.1 Å². The number of halogens is 1. The summed E-state index contributed by atoms with van der Waals surface area (Å²) in [5, 5.41) is 0.408. The van der Waals surface area contributed by atoms with Crippen molar-refractivity contribution in [2.45, 2.75) is 24.3 Å². The van der Waals surface area contributed by atoms with Crippen LogP contribution >= 0.6 is 11.3 Å². The highest BCUT2D eigenvalue weighted by molar-refractivity contribution is 7.92. The lowest BCUT2D eigenvalue weighted by atomic mass is 10.0. The lowest BCUT2D eigenvalue weighted by Gasteiger charge is -2.30. The summed E-state index contributed by atoms with van der Waals surface area (Å²) in [6, 6.07) is 21.4. The van der Waals surface area contributed by atoms with E-state index >= 15 is 0 Å². The highest BCUT2D eigenvalue weighted by Gasteiger charge is 2.29. The molecule has 6 rings (SSSR count). The molecule has 196 valence electrons. The van der Waals surface area contributed by atoms with Gasteiger partial charge < -0.3 is 0 Å². The fourth-order valence-electron chi connectivity index (χ4n) is 4.70. The third kappa shape index (κ3) is 4.88. The van der Waals surface area contributed by atoms with Gasteiger partial charge in [0.15, 0.2) is 5.13 Å². The number of hydrogen-bond acceptors (Lipinski definition) is 6. The maximum Gasteiger partial charge on any atom is 0.264 e. The number of aromatic nitrogens is 2. The number of hydrogen-bond donors (Lipinski definition) is 0. The molecule has 1 aliphatic rings. The Bertz CT molecular complexity index is 1770. The Labute approximate surface area is 229 Å². The molecule has 0 radical (unpaired) electrons. The molecule has 0 fully saturated rings. The van der Waals surface area contributed by atoms with Gasteiger partial charge in [-0.2, -0.15) is 0 Å². The molecule has 1 amide bonds. The second-order valence-electron chi connectivity index (χ2n) is 9.19. The molecule has 2 aromatic heterocycles. The minimum Gasteiger partial charge on any atom is -0.279 e. The van der Waals surface area contributed by atoms with E-state index in [9.17, 15) is 17.6 Å². The number of pyridine rings is 1. The van der Waals surface area contributed by atoms with Gasteiger partial charge in [-0.1, -0.05) is 35.6 Å². The van der Waals surface area contributed by atoms with Crippen LogP contribution in [0.4, 0.5) is 15.2 Å². The van der Waals surface area contributed by atoms with Gasteiger partial charge in [-0.3, -0.25) is 19.0 Å². The molecule has 5 aromatic rings. The molecule has 0 saturated carbocycles. The third-order valence-corrected chi connectivity index (χ3v) is 9.50. The molecule has 1 aliphatic heterocycles. The van der Waals surface area contributed by atoms with Crippen molar-refractivity contribution in [1.29, 1.82) is 0 Å². The highest BCUT2D eigenvalue weighted by Crippen LogP contribution is 2.33. The molecule has 0 bridgehead atoms. The molecule has 0 saturated heterocycles. The van der Waals surface area contributed by atoms with Crippen LogP contribution < -0.4 is 9.21 Å². The van der Waals surface area contributed by atoms with Crippen LogP contribution in [0.3, 0.4) is 0 Å². The molecule has 10 heteroatoms. The van der Waals surface area contributed by atoms with Gasteiger partial charge in [-0.25, -0.2) is 17.8 Å². The summed E-state index contributed by atoms with van der Waals surface area (Å²) in [6.45, 7) is 0.594. The fourth-order valence-corrected chi connectivity index (χ4v) is 7.23. The number of thiazole rings is 1. The monoisotopic (exact) mass is 558 g/mol. The summed E-state index contributed by atoms with van der Waals surface area (Å²) in [4.78, 5) is 24.1. The lowest BCUT2D eigenvalue weighted by Crippen LogP contribution is -2.35. The van der Waals surface area contributed by atoms with Crippen LogP contribution in [0.5, 0.6) is 0 Å². The average Bonchev–Trinajstić information content (AvgIpc) is 3.38. The van der Waals surface area contributed by atoms with Crippen LogP contribution in [0.15, 0.2) is 96.2 Å². The van der Waals surface area contributed by atoms with Crippen molar-refractivity contribution in [1.82, 2.24) is 9.97 Å². The number of carbonyl (C=O) groups is 1. The Morgan fingerprint density at radius 2 is 1.85 bits per heavy atom. The van der Waals surface area contributed by atoms with Gasteiger partial charge >= 0.3 is 0 Å². The number of fused-ring (bicyclic) bond motifs is 2. The second-order valence-corrected chi connectivity index (χ2v) is 12.1. The summed E-state index contributed by atoms with van der Waals surface area (Å²) in [5.41, 5.74) is 3.38. The smallest absolute Gasteiger partial charge is 0.264 e. The van der Waals surface area contributed by atoms with Gasteiger partial charge in [0.2, 0.25) is 0 Å². The summed E-state index contributed by atoms with van der Waals surface area (Å²) in [7, 11) is -3.81. The quantitative estimate of drug-likeness (QED) is 0.262. The SMILES string of the molecule is O=C(c1ccc(S(=O)(=O)N2CCCc3ccccc32)cc1)N(Cc1cccnc1)c1nc2ccc(F)cc2s1. The summed E-state index contributed by atoms with van der Waals surface area (Å²) >= 11 is 1.21. The minimum atomic E-state index is -3.81. The van der Waals surface area contributed by atoms with Crippen molar-refractivity contribution >= 4 is 48.3 Å². The first-order valence-electron chi connectivity index (χ1n) is 12.4. The predicted octanol–water partition coefficient (Wildman–Crippen LogP) is 5.82. The van der Waals surface area contributed by atoms with Crippen LogP contribution in [0.25, 0.3) is 10.2 Å². The molecular formula is C29H23FN4O3S2. The molecule has 3 aromatic carbocycles. The minimum absolute atomic E-state index is 0.116. The second kappa shape index (κ2) is 10.2. The Kier molecular flexibility index (Phi) is 6.58. The van der Waals surface area contributed by atoms with E-state index in [2.05, 4.69) is 9.97 Å². The van der Waals surface area contributed by atoms with E-state index in [-0.39, 0.29) is 23.2 Å². The third-order valence-electron chi connectivity index (χ3n) is 6.64. The predicted molar refractivity (Wildman–Crippen MR) is 150 cm³/mol. The van der Waals surface area contributed by atoms with Crippen LogP contribution in [-0.4, -0.2) is 30.8 Å². The van der Waals surface area contributed by atoms with Crippen LogP contribution in [0, 0.1) is 5.82 Å². The molecule has 0 spiro atoms. The first-order chi connectivity index (χ1) is 18.9. The van der Waals surface area contributed by atoms with Crippen LogP contribution in [0.2, 0.25) is 0 Å². The molecule has 3 heterocycles. The molecule has 39 heavy (non-hydrogen) atoms. The van der Waals surface area contributed by atoms with Crippen LogP contribution in [-0.2, 0) is 23.0 Å². The number of amides is 1. The van der Waals surface area contributed by atoms with Crippen molar-refractivity contribution in [3.8, 4) is 0 Å². The van der Waals surface area contributed by atoms with Crippen molar-refractivity contribution in [2.24, 2.45) is 0 Å². The zero-order valence-electron chi connectivity index (χ0n) is 20.7.